The van der Waals surface area contributed by atoms with E-state index < -0.39 is 28.1 Å². The van der Waals surface area contributed by atoms with Gasteiger partial charge in [-0.05, 0) is 42.8 Å². The lowest BCUT2D eigenvalue weighted by atomic mass is 9.96. The van der Waals surface area contributed by atoms with Crippen LogP contribution in [0.25, 0.3) is 0 Å². The number of hydrogen-bond donors (Lipinski definition) is 1. The Bertz CT molecular complexity index is 1480. The van der Waals surface area contributed by atoms with Crippen LogP contribution in [0.3, 0.4) is 0 Å². The number of rotatable bonds is 14. The fourth-order valence-corrected chi connectivity index (χ4v) is 6.51. The van der Waals surface area contributed by atoms with Gasteiger partial charge in [-0.25, -0.2) is 13.1 Å². The summed E-state index contributed by atoms with van der Waals surface area (Å²) in [5.41, 5.74) is -1.16. The largest absolute Gasteiger partial charge is 0.487 e. The van der Waals surface area contributed by atoms with Crippen molar-refractivity contribution in [3.63, 3.8) is 0 Å². The molecule has 0 bridgehead atoms. The van der Waals surface area contributed by atoms with Crippen molar-refractivity contribution in [2.45, 2.75) is 75.2 Å². The fraction of sp³-hybridized carbons (Fsp3) is 0.513. The highest BCUT2D eigenvalue weighted by atomic mass is 32.2. The molecular weight excluding hydrogens is 674 g/mol. The second-order valence-corrected chi connectivity index (χ2v) is 14.1. The van der Waals surface area contributed by atoms with Gasteiger partial charge >= 0.3 is 0 Å². The van der Waals surface area contributed by atoms with Gasteiger partial charge in [-0.15, -0.1) is 0 Å². The third-order valence-corrected chi connectivity index (χ3v) is 9.71. The van der Waals surface area contributed by atoms with Gasteiger partial charge in [0, 0.05) is 0 Å². The molecular formula is C39H53NO10S. The first-order valence-corrected chi connectivity index (χ1v) is 19.5. The Hall–Kier alpha value is -3.84. The molecule has 0 aliphatic carbocycles. The minimum Gasteiger partial charge on any atom is -0.487 e. The quantitative estimate of drug-likeness (QED) is 0.178. The molecule has 0 spiro atoms. The predicted molar refractivity (Wildman–Crippen MR) is 194 cm³/mol. The number of carbonyl (C=O) groups is 1. The summed E-state index contributed by atoms with van der Waals surface area (Å²) in [5, 5.41) is 0. The van der Waals surface area contributed by atoms with E-state index in [4.69, 9.17) is 33.2 Å². The van der Waals surface area contributed by atoms with Gasteiger partial charge in [0.2, 0.25) is 0 Å². The number of benzene rings is 3. The summed E-state index contributed by atoms with van der Waals surface area (Å²) in [6.45, 7) is 3.82. The van der Waals surface area contributed by atoms with Crippen LogP contribution in [0, 0.1) is 0 Å². The van der Waals surface area contributed by atoms with Crippen LogP contribution in [-0.4, -0.2) is 79.4 Å². The molecule has 11 nitrogen and oxygen atoms in total. The maximum absolute atomic E-state index is 13.2. The van der Waals surface area contributed by atoms with Gasteiger partial charge in [0.15, 0.2) is 23.0 Å². The van der Waals surface area contributed by atoms with Gasteiger partial charge in [-0.2, -0.15) is 0 Å². The Balaban J connectivity index is 1.58. The molecule has 12 heteroatoms. The van der Waals surface area contributed by atoms with E-state index in [-0.39, 0.29) is 18.1 Å². The first-order valence-electron chi connectivity index (χ1n) is 18.0. The van der Waals surface area contributed by atoms with E-state index in [1.807, 2.05) is 36.4 Å². The third-order valence-electron chi connectivity index (χ3n) is 8.32. The van der Waals surface area contributed by atoms with Crippen molar-refractivity contribution in [3.8, 4) is 23.0 Å². The van der Waals surface area contributed by atoms with Crippen molar-refractivity contribution in [3.05, 3.63) is 78.9 Å². The standard InChI is InChI=1S/C39H53NO10S/c1-2-3-4-5-6-7-8-16-23-39(50-30-38(41)40-51(42,43)33-17-10-9-11-18-33)31-48-36-21-14-12-19-34(36)46-28-26-44-24-25-45-27-29-47-35-20-13-15-22-37(35)49-32-39/h9-15,17-22H,2-8,16,23-32H2,1H3,(H,40,41). The lowest BCUT2D eigenvalue weighted by Crippen LogP contribution is -2.47. The van der Waals surface area contributed by atoms with Crippen molar-refractivity contribution < 1.29 is 46.4 Å². The molecule has 4 rings (SSSR count). The molecule has 1 heterocycles. The van der Waals surface area contributed by atoms with E-state index in [0.717, 1.165) is 25.7 Å². The van der Waals surface area contributed by atoms with Gasteiger partial charge in [0.05, 0.1) is 31.3 Å². The van der Waals surface area contributed by atoms with E-state index >= 15 is 0 Å². The number of unbranched alkanes of at least 4 members (excludes halogenated alkanes) is 7. The molecule has 0 saturated carbocycles. The Kier molecular flexibility index (Phi) is 17.4. The summed E-state index contributed by atoms with van der Waals surface area (Å²) in [4.78, 5) is 13.2. The highest BCUT2D eigenvalue weighted by Gasteiger charge is 2.35. The first kappa shape index (κ1) is 39.9. The number of hydrogen-bond acceptors (Lipinski definition) is 10. The second-order valence-electron chi connectivity index (χ2n) is 12.4. The first-order chi connectivity index (χ1) is 24.9. The molecule has 1 amide bonds. The molecule has 0 atom stereocenters. The van der Waals surface area contributed by atoms with Crippen molar-refractivity contribution in [2.24, 2.45) is 0 Å². The molecule has 3 aromatic rings. The summed E-state index contributed by atoms with van der Waals surface area (Å²) in [6.07, 6.45) is 9.27. The van der Waals surface area contributed by atoms with E-state index in [1.54, 1.807) is 30.3 Å². The molecule has 0 aromatic heterocycles. The van der Waals surface area contributed by atoms with Crippen molar-refractivity contribution in [1.29, 1.82) is 0 Å². The summed E-state index contributed by atoms with van der Waals surface area (Å²) >= 11 is 0. The van der Waals surface area contributed by atoms with Crippen molar-refractivity contribution in [2.75, 3.05) is 59.5 Å². The zero-order valence-corrected chi connectivity index (χ0v) is 30.5. The Morgan fingerprint density at radius 3 is 1.61 bits per heavy atom. The predicted octanol–water partition coefficient (Wildman–Crippen LogP) is 6.74. The van der Waals surface area contributed by atoms with Crippen LogP contribution >= 0.6 is 0 Å². The number of amides is 1. The van der Waals surface area contributed by atoms with E-state index in [1.165, 1.54) is 37.8 Å². The second kappa shape index (κ2) is 22.2. The number of carbonyl (C=O) groups excluding carboxylic acids is 1. The molecule has 0 fully saturated rings. The van der Waals surface area contributed by atoms with Crippen LogP contribution in [0.5, 0.6) is 23.0 Å². The Morgan fingerprint density at radius 2 is 1.08 bits per heavy atom. The van der Waals surface area contributed by atoms with Gasteiger partial charge in [-0.3, -0.25) is 4.79 Å². The summed E-state index contributed by atoms with van der Waals surface area (Å²) < 4.78 is 70.6. The average Bonchev–Trinajstić information content (AvgIpc) is 3.14. The smallest absolute Gasteiger partial charge is 0.264 e. The molecule has 0 saturated heterocycles. The lowest BCUT2D eigenvalue weighted by Gasteiger charge is -2.34. The van der Waals surface area contributed by atoms with E-state index in [2.05, 4.69) is 11.6 Å². The molecule has 51 heavy (non-hydrogen) atoms. The van der Waals surface area contributed by atoms with Gasteiger partial charge in [-0.1, -0.05) is 101 Å². The zero-order chi connectivity index (χ0) is 36.0. The fourth-order valence-electron chi connectivity index (χ4n) is 5.52. The zero-order valence-electron chi connectivity index (χ0n) is 29.7. The number of para-hydroxylation sites is 4. The van der Waals surface area contributed by atoms with Crippen LogP contribution in [0.2, 0.25) is 0 Å². The van der Waals surface area contributed by atoms with Crippen molar-refractivity contribution in [1.82, 2.24) is 4.72 Å². The highest BCUT2D eigenvalue weighted by Crippen LogP contribution is 2.32. The minimum absolute atomic E-state index is 0.00402. The van der Waals surface area contributed by atoms with Crippen LogP contribution < -0.4 is 23.7 Å². The molecule has 0 radical (unpaired) electrons. The third kappa shape index (κ3) is 14.4. The van der Waals surface area contributed by atoms with Crippen LogP contribution in [-0.2, 0) is 29.0 Å². The Labute approximate surface area is 302 Å². The molecule has 1 aliphatic rings. The molecule has 1 N–H and O–H groups in total. The summed E-state index contributed by atoms with van der Waals surface area (Å²) in [7, 11) is -4.10. The van der Waals surface area contributed by atoms with Gasteiger partial charge < -0.3 is 33.2 Å². The maximum atomic E-state index is 13.2. The normalized spacial score (nSPS) is 15.9. The molecule has 0 unspecified atom stereocenters. The Morgan fingerprint density at radius 1 is 0.627 bits per heavy atom. The van der Waals surface area contributed by atoms with Crippen LogP contribution in [0.1, 0.15) is 64.7 Å². The summed E-state index contributed by atoms with van der Waals surface area (Å²) in [5.74, 6) is 1.23. The van der Waals surface area contributed by atoms with Gasteiger partial charge in [0.25, 0.3) is 15.9 Å². The number of ether oxygens (including phenoxy) is 7. The number of nitrogens with one attached hydrogen (secondary N) is 1. The monoisotopic (exact) mass is 727 g/mol. The van der Waals surface area contributed by atoms with Crippen LogP contribution in [0.15, 0.2) is 83.8 Å². The number of sulfonamides is 1. The molecule has 3 aromatic carbocycles. The highest BCUT2D eigenvalue weighted by molar-refractivity contribution is 7.90. The number of fused-ring (bicyclic) bond motifs is 2. The average molecular weight is 728 g/mol. The van der Waals surface area contributed by atoms with E-state index in [0.29, 0.717) is 69.1 Å². The minimum atomic E-state index is -4.10. The lowest BCUT2D eigenvalue weighted by molar-refractivity contribution is -0.140. The maximum Gasteiger partial charge on any atom is 0.264 e. The van der Waals surface area contributed by atoms with Crippen molar-refractivity contribution >= 4 is 15.9 Å². The van der Waals surface area contributed by atoms with Crippen LogP contribution in [0.4, 0.5) is 0 Å². The molecule has 280 valence electrons. The van der Waals surface area contributed by atoms with E-state index in [9.17, 15) is 13.2 Å². The molecule has 1 aliphatic heterocycles. The topological polar surface area (TPSA) is 128 Å². The summed E-state index contributed by atoms with van der Waals surface area (Å²) in [6, 6.07) is 22.4. The SMILES string of the molecule is CCCCCCCCCCC1(OCC(=O)NS(=O)(=O)c2ccccc2)COc2ccccc2OCCOCCOCCOc2ccccc2OC1. The van der Waals surface area contributed by atoms with Gasteiger partial charge in [0.1, 0.15) is 38.6 Å².